The van der Waals surface area contributed by atoms with Gasteiger partial charge in [0.2, 0.25) is 11.9 Å². The number of hydrogen-bond donors (Lipinski definition) is 2. The lowest BCUT2D eigenvalue weighted by Crippen LogP contribution is -2.52. The largest absolute Gasteiger partial charge is 0.497 e. The molecule has 0 radical (unpaired) electrons. The highest BCUT2D eigenvalue weighted by atomic mass is 16.5. The zero-order valence-corrected chi connectivity index (χ0v) is 16.9. The lowest BCUT2D eigenvalue weighted by molar-refractivity contribution is -0.123. The lowest BCUT2D eigenvalue weighted by atomic mass is 10.2. The normalized spacial score (nSPS) is 18.6. The molecule has 8 nitrogen and oxygen atoms in total. The van der Waals surface area contributed by atoms with Crippen molar-refractivity contribution in [3.05, 3.63) is 54.6 Å². The Morgan fingerprint density at radius 1 is 1.07 bits per heavy atom. The average Bonchev–Trinajstić information content (AvgIpc) is 3.14. The summed E-state index contributed by atoms with van der Waals surface area (Å²) in [5, 5.41) is 5.63. The van der Waals surface area contributed by atoms with Gasteiger partial charge in [0, 0.05) is 37.6 Å². The van der Waals surface area contributed by atoms with Gasteiger partial charge in [-0.2, -0.15) is 0 Å². The van der Waals surface area contributed by atoms with E-state index in [0.29, 0.717) is 11.6 Å². The second-order valence-electron chi connectivity index (χ2n) is 7.25. The topological polar surface area (TPSA) is 86.3 Å². The quantitative estimate of drug-likeness (QED) is 0.788. The van der Waals surface area contributed by atoms with Crippen molar-refractivity contribution in [1.29, 1.82) is 0 Å². The number of para-hydroxylation sites is 1. The van der Waals surface area contributed by atoms with Crippen LogP contribution in [-0.4, -0.2) is 62.0 Å². The first kappa shape index (κ1) is 19.8. The smallest absolute Gasteiger partial charge is 0.252 e. The molecule has 0 aliphatic carbocycles. The Labute approximate surface area is 175 Å². The van der Waals surface area contributed by atoms with Gasteiger partial charge in [0.05, 0.1) is 13.5 Å². The van der Waals surface area contributed by atoms with Crippen molar-refractivity contribution in [3.8, 4) is 5.75 Å². The van der Waals surface area contributed by atoms with Crippen LogP contribution in [0.2, 0.25) is 0 Å². The van der Waals surface area contributed by atoms with Crippen LogP contribution in [0.3, 0.4) is 0 Å². The van der Waals surface area contributed by atoms with Crippen molar-refractivity contribution in [2.75, 3.05) is 43.5 Å². The number of nitrogens with one attached hydrogen (secondary N) is 2. The number of ether oxygens (including phenoxy) is 1. The molecule has 2 amide bonds. The molecule has 0 saturated carbocycles. The van der Waals surface area contributed by atoms with Crippen LogP contribution in [0.25, 0.3) is 0 Å². The number of nitrogens with zero attached hydrogens (tertiary/aromatic N) is 3. The summed E-state index contributed by atoms with van der Waals surface area (Å²) in [5.41, 5.74) is 1.85. The van der Waals surface area contributed by atoms with Crippen LogP contribution in [0.4, 0.5) is 11.4 Å². The van der Waals surface area contributed by atoms with E-state index in [9.17, 15) is 9.59 Å². The van der Waals surface area contributed by atoms with Crippen molar-refractivity contribution in [2.24, 2.45) is 4.99 Å². The Morgan fingerprint density at radius 3 is 2.40 bits per heavy atom. The highest BCUT2D eigenvalue weighted by Crippen LogP contribution is 2.21. The van der Waals surface area contributed by atoms with Crippen molar-refractivity contribution in [3.63, 3.8) is 0 Å². The molecular weight excluding hydrogens is 382 g/mol. The molecule has 2 aromatic rings. The molecule has 1 atom stereocenters. The van der Waals surface area contributed by atoms with Gasteiger partial charge < -0.3 is 19.9 Å². The minimum atomic E-state index is -0.691. The summed E-state index contributed by atoms with van der Waals surface area (Å²) in [7, 11) is 1.66. The first-order valence-electron chi connectivity index (χ1n) is 10.00. The van der Waals surface area contributed by atoms with Gasteiger partial charge in [-0.05, 0) is 36.4 Å². The molecule has 30 heavy (non-hydrogen) atoms. The van der Waals surface area contributed by atoms with E-state index in [0.717, 1.165) is 37.6 Å². The number of rotatable bonds is 5. The number of aliphatic imine (C=N–C) groups is 1. The van der Waals surface area contributed by atoms with E-state index in [1.54, 1.807) is 7.11 Å². The van der Waals surface area contributed by atoms with Crippen LogP contribution < -0.4 is 20.3 Å². The van der Waals surface area contributed by atoms with Gasteiger partial charge in [0.25, 0.3) is 5.91 Å². The van der Waals surface area contributed by atoms with Gasteiger partial charge in [0.15, 0.2) is 0 Å². The number of piperazine rings is 1. The molecule has 4 rings (SSSR count). The number of hydrogen-bond acceptors (Lipinski definition) is 6. The predicted molar refractivity (Wildman–Crippen MR) is 116 cm³/mol. The summed E-state index contributed by atoms with van der Waals surface area (Å²) in [4.78, 5) is 33.4. The van der Waals surface area contributed by atoms with Crippen LogP contribution in [0.5, 0.6) is 5.75 Å². The third-order valence-corrected chi connectivity index (χ3v) is 5.27. The number of carbonyl (C=O) groups excluding carboxylic acids is 2. The zero-order chi connectivity index (χ0) is 20.9. The third-order valence-electron chi connectivity index (χ3n) is 5.27. The molecule has 2 heterocycles. The molecule has 2 aromatic carbocycles. The molecule has 2 aliphatic rings. The monoisotopic (exact) mass is 407 g/mol. The highest BCUT2D eigenvalue weighted by Gasteiger charge is 2.32. The van der Waals surface area contributed by atoms with Gasteiger partial charge in [-0.1, -0.05) is 18.2 Å². The Morgan fingerprint density at radius 2 is 1.73 bits per heavy atom. The van der Waals surface area contributed by atoms with Gasteiger partial charge in [-0.15, -0.1) is 0 Å². The molecular formula is C22H25N5O3. The third kappa shape index (κ3) is 4.53. The first-order chi connectivity index (χ1) is 14.6. The van der Waals surface area contributed by atoms with Gasteiger partial charge in [-0.3, -0.25) is 14.9 Å². The average molecular weight is 407 g/mol. The minimum absolute atomic E-state index is 0.0239. The van der Waals surface area contributed by atoms with Crippen LogP contribution in [0.15, 0.2) is 59.6 Å². The number of anilines is 2. The van der Waals surface area contributed by atoms with E-state index in [1.807, 2.05) is 54.6 Å². The van der Waals surface area contributed by atoms with Crippen molar-refractivity contribution < 1.29 is 14.3 Å². The van der Waals surface area contributed by atoms with Gasteiger partial charge in [-0.25, -0.2) is 4.99 Å². The molecule has 2 aliphatic heterocycles. The molecule has 8 heteroatoms. The van der Waals surface area contributed by atoms with E-state index in [-0.39, 0.29) is 18.2 Å². The predicted octanol–water partition coefficient (Wildman–Crippen LogP) is 1.70. The number of benzene rings is 2. The molecule has 0 unspecified atom stereocenters. The van der Waals surface area contributed by atoms with E-state index < -0.39 is 6.04 Å². The summed E-state index contributed by atoms with van der Waals surface area (Å²) in [5.74, 6) is 0.941. The van der Waals surface area contributed by atoms with Crippen LogP contribution in [-0.2, 0) is 9.59 Å². The van der Waals surface area contributed by atoms with Gasteiger partial charge >= 0.3 is 0 Å². The lowest BCUT2D eigenvalue weighted by Gasteiger charge is -2.36. The van der Waals surface area contributed by atoms with Crippen LogP contribution in [0, 0.1) is 0 Å². The van der Waals surface area contributed by atoms with Crippen LogP contribution in [0.1, 0.15) is 6.42 Å². The van der Waals surface area contributed by atoms with Crippen molar-refractivity contribution in [1.82, 2.24) is 10.2 Å². The number of carbonyl (C=O) groups is 2. The summed E-state index contributed by atoms with van der Waals surface area (Å²) >= 11 is 0. The summed E-state index contributed by atoms with van der Waals surface area (Å²) in [6.07, 6.45) is 0.0239. The number of guanidine groups is 1. The molecule has 1 fully saturated rings. The number of methoxy groups -OCH3 is 1. The molecule has 2 N–H and O–H groups in total. The van der Waals surface area contributed by atoms with Gasteiger partial charge in [0.1, 0.15) is 11.8 Å². The van der Waals surface area contributed by atoms with Crippen molar-refractivity contribution >= 4 is 29.1 Å². The molecule has 0 bridgehead atoms. The summed E-state index contributed by atoms with van der Waals surface area (Å²) in [6, 6.07) is 16.5. The van der Waals surface area contributed by atoms with E-state index in [2.05, 4.69) is 25.4 Å². The SMILES string of the molecule is COc1ccc(N2CCN(C3=N[C@@H](CC(=O)Nc4ccccc4)C(=O)N3)CC2)cc1. The second-order valence-corrected chi connectivity index (χ2v) is 7.25. The first-order valence-corrected chi connectivity index (χ1v) is 10.00. The minimum Gasteiger partial charge on any atom is -0.497 e. The standard InChI is InChI=1S/C22H25N5O3/c1-30-18-9-7-17(8-10-18)26-11-13-27(14-12-26)22-24-19(21(29)25-22)15-20(28)23-16-5-3-2-4-6-16/h2-10,19H,11-15H2,1H3,(H,23,28)(H,24,25,29)/t19-/m0/s1. The zero-order valence-electron chi connectivity index (χ0n) is 16.9. The van der Waals surface area contributed by atoms with E-state index >= 15 is 0 Å². The van der Waals surface area contributed by atoms with E-state index in [4.69, 9.17) is 4.74 Å². The number of amides is 2. The highest BCUT2D eigenvalue weighted by molar-refractivity contribution is 6.07. The fourth-order valence-corrected chi connectivity index (χ4v) is 3.61. The fraction of sp³-hybridized carbons (Fsp3) is 0.318. The Kier molecular flexibility index (Phi) is 5.83. The summed E-state index contributed by atoms with van der Waals surface area (Å²) in [6.45, 7) is 3.13. The molecule has 0 spiro atoms. The van der Waals surface area contributed by atoms with Crippen molar-refractivity contribution in [2.45, 2.75) is 12.5 Å². The molecule has 0 aromatic heterocycles. The maximum atomic E-state index is 12.3. The Bertz CT molecular complexity index is 922. The summed E-state index contributed by atoms with van der Waals surface area (Å²) < 4.78 is 5.21. The fourth-order valence-electron chi connectivity index (χ4n) is 3.61. The van der Waals surface area contributed by atoms with Crippen LogP contribution >= 0.6 is 0 Å². The second kappa shape index (κ2) is 8.86. The maximum Gasteiger partial charge on any atom is 0.252 e. The maximum absolute atomic E-state index is 12.3. The molecule has 156 valence electrons. The Hall–Kier alpha value is -3.55. The molecule has 1 saturated heterocycles. The Balaban J connectivity index is 1.31. The van der Waals surface area contributed by atoms with E-state index in [1.165, 1.54) is 0 Å².